The molecular formula is C15H23N5O3. The third-order valence-corrected chi connectivity index (χ3v) is 3.79. The minimum absolute atomic E-state index is 0.0337. The maximum Gasteiger partial charge on any atom is 0.317 e. The second-order valence-electron chi connectivity index (χ2n) is 5.95. The molecule has 1 aromatic rings. The van der Waals surface area contributed by atoms with E-state index in [4.69, 9.17) is 5.11 Å². The number of carboxylic acids is 1. The summed E-state index contributed by atoms with van der Waals surface area (Å²) in [4.78, 5) is 35.0. The molecule has 23 heavy (non-hydrogen) atoms. The Kier molecular flexibility index (Phi) is 5.72. The summed E-state index contributed by atoms with van der Waals surface area (Å²) in [7, 11) is 3.71. The third kappa shape index (κ3) is 5.08. The van der Waals surface area contributed by atoms with E-state index in [-0.39, 0.29) is 18.4 Å². The number of carboxylic acid groups (broad SMARTS) is 1. The molecular weight excluding hydrogens is 298 g/mol. The van der Waals surface area contributed by atoms with Gasteiger partial charge in [0.1, 0.15) is 0 Å². The van der Waals surface area contributed by atoms with Gasteiger partial charge >= 0.3 is 12.0 Å². The van der Waals surface area contributed by atoms with Crippen LogP contribution in [-0.2, 0) is 11.3 Å². The minimum atomic E-state index is -0.811. The van der Waals surface area contributed by atoms with Gasteiger partial charge in [0.05, 0.1) is 12.2 Å². The van der Waals surface area contributed by atoms with Crippen molar-refractivity contribution < 1.29 is 14.7 Å². The molecule has 0 spiro atoms. The van der Waals surface area contributed by atoms with E-state index >= 15 is 0 Å². The van der Waals surface area contributed by atoms with E-state index in [2.05, 4.69) is 15.3 Å². The van der Waals surface area contributed by atoms with Crippen LogP contribution in [0.5, 0.6) is 0 Å². The van der Waals surface area contributed by atoms with E-state index in [0.717, 1.165) is 18.5 Å². The Balaban J connectivity index is 1.86. The number of likely N-dealkylation sites (tertiary alicyclic amines) is 1. The predicted octanol–water partition coefficient (Wildman–Crippen LogP) is 0.939. The number of anilines is 1. The summed E-state index contributed by atoms with van der Waals surface area (Å²) in [5.74, 6) is -0.183. The van der Waals surface area contributed by atoms with Crippen molar-refractivity contribution in [2.24, 2.45) is 5.92 Å². The smallest absolute Gasteiger partial charge is 0.317 e. The van der Waals surface area contributed by atoms with Gasteiger partial charge in [0.2, 0.25) is 5.95 Å². The van der Waals surface area contributed by atoms with Crippen molar-refractivity contribution in [2.45, 2.75) is 25.8 Å². The zero-order valence-electron chi connectivity index (χ0n) is 13.5. The molecule has 2 N–H and O–H groups in total. The number of aromatic nitrogens is 2. The summed E-state index contributed by atoms with van der Waals surface area (Å²) in [6, 6.07) is 1.58. The molecule has 0 bridgehead atoms. The summed E-state index contributed by atoms with van der Waals surface area (Å²) < 4.78 is 0. The zero-order valence-corrected chi connectivity index (χ0v) is 13.5. The van der Waals surface area contributed by atoms with Crippen LogP contribution in [-0.4, -0.2) is 59.2 Å². The molecule has 126 valence electrons. The molecule has 1 fully saturated rings. The predicted molar refractivity (Wildman–Crippen MR) is 85.1 cm³/mol. The van der Waals surface area contributed by atoms with Crippen LogP contribution in [0, 0.1) is 5.92 Å². The molecule has 2 amide bonds. The van der Waals surface area contributed by atoms with Gasteiger partial charge in [0, 0.05) is 39.8 Å². The van der Waals surface area contributed by atoms with E-state index in [0.29, 0.717) is 25.6 Å². The zero-order chi connectivity index (χ0) is 16.8. The van der Waals surface area contributed by atoms with Crippen LogP contribution in [0.2, 0.25) is 0 Å². The molecule has 0 saturated carbocycles. The Labute approximate surface area is 135 Å². The second-order valence-corrected chi connectivity index (χ2v) is 5.95. The molecule has 2 rings (SSSR count). The fourth-order valence-corrected chi connectivity index (χ4v) is 2.64. The number of nitrogens with one attached hydrogen (secondary N) is 1. The monoisotopic (exact) mass is 321 g/mol. The summed E-state index contributed by atoms with van der Waals surface area (Å²) in [5.41, 5.74) is 0.733. The number of rotatable bonds is 5. The van der Waals surface area contributed by atoms with Gasteiger partial charge < -0.3 is 20.2 Å². The van der Waals surface area contributed by atoms with E-state index in [9.17, 15) is 9.59 Å². The minimum Gasteiger partial charge on any atom is -0.481 e. The van der Waals surface area contributed by atoms with E-state index in [1.165, 1.54) is 0 Å². The number of piperidine rings is 1. The largest absolute Gasteiger partial charge is 0.481 e. The SMILES string of the molecule is CN(C)c1nccc(CNC(=O)N2CCCC(CC(=O)O)C2)n1. The molecule has 0 aliphatic carbocycles. The van der Waals surface area contributed by atoms with Crippen molar-refractivity contribution in [2.75, 3.05) is 32.1 Å². The molecule has 0 radical (unpaired) electrons. The number of amides is 2. The van der Waals surface area contributed by atoms with Gasteiger partial charge in [-0.05, 0) is 24.8 Å². The number of hydrogen-bond acceptors (Lipinski definition) is 5. The van der Waals surface area contributed by atoms with Crippen molar-refractivity contribution in [3.63, 3.8) is 0 Å². The van der Waals surface area contributed by atoms with Gasteiger partial charge in [0.15, 0.2) is 0 Å². The molecule has 1 aliphatic heterocycles. The number of carbonyl (C=O) groups excluding carboxylic acids is 1. The first-order chi connectivity index (χ1) is 11.0. The number of aliphatic carboxylic acids is 1. The highest BCUT2D eigenvalue weighted by molar-refractivity contribution is 5.74. The van der Waals surface area contributed by atoms with Gasteiger partial charge in [0.25, 0.3) is 0 Å². The Morgan fingerprint density at radius 2 is 2.26 bits per heavy atom. The van der Waals surface area contributed by atoms with Crippen LogP contribution < -0.4 is 10.2 Å². The number of hydrogen-bond donors (Lipinski definition) is 2. The lowest BCUT2D eigenvalue weighted by Gasteiger charge is -2.32. The van der Waals surface area contributed by atoms with Gasteiger partial charge in [-0.2, -0.15) is 0 Å². The second kappa shape index (κ2) is 7.75. The standard InChI is InChI=1S/C15H23N5O3/c1-19(2)14-16-6-5-12(18-14)9-17-15(23)20-7-3-4-11(10-20)8-13(21)22/h5-6,11H,3-4,7-10H2,1-2H3,(H,17,23)(H,21,22). The molecule has 2 heterocycles. The first-order valence-electron chi connectivity index (χ1n) is 7.69. The number of urea groups is 1. The van der Waals surface area contributed by atoms with Crippen LogP contribution in [0.15, 0.2) is 12.3 Å². The van der Waals surface area contributed by atoms with E-state index in [1.54, 1.807) is 22.1 Å². The summed E-state index contributed by atoms with van der Waals surface area (Å²) in [6.45, 7) is 1.47. The molecule has 0 aromatic carbocycles. The van der Waals surface area contributed by atoms with Crippen molar-refractivity contribution in [3.8, 4) is 0 Å². The Morgan fingerprint density at radius 3 is 2.96 bits per heavy atom. The van der Waals surface area contributed by atoms with Crippen LogP contribution in [0.3, 0.4) is 0 Å². The molecule has 1 aliphatic rings. The van der Waals surface area contributed by atoms with Gasteiger partial charge in [-0.1, -0.05) is 0 Å². The highest BCUT2D eigenvalue weighted by atomic mass is 16.4. The molecule has 8 nitrogen and oxygen atoms in total. The third-order valence-electron chi connectivity index (χ3n) is 3.79. The average Bonchev–Trinajstić information content (AvgIpc) is 2.52. The van der Waals surface area contributed by atoms with Crippen molar-refractivity contribution in [3.05, 3.63) is 18.0 Å². The molecule has 1 aromatic heterocycles. The fourth-order valence-electron chi connectivity index (χ4n) is 2.64. The average molecular weight is 321 g/mol. The van der Waals surface area contributed by atoms with Crippen molar-refractivity contribution in [1.29, 1.82) is 0 Å². The maximum atomic E-state index is 12.2. The van der Waals surface area contributed by atoms with Crippen molar-refractivity contribution >= 4 is 17.9 Å². The maximum absolute atomic E-state index is 12.2. The summed E-state index contributed by atoms with van der Waals surface area (Å²) in [6.07, 6.45) is 3.47. The normalized spacial score (nSPS) is 17.7. The van der Waals surface area contributed by atoms with Crippen LogP contribution >= 0.6 is 0 Å². The highest BCUT2D eigenvalue weighted by Gasteiger charge is 2.25. The Morgan fingerprint density at radius 1 is 1.48 bits per heavy atom. The highest BCUT2D eigenvalue weighted by Crippen LogP contribution is 2.19. The molecule has 1 saturated heterocycles. The lowest BCUT2D eigenvalue weighted by atomic mass is 9.95. The van der Waals surface area contributed by atoms with Gasteiger partial charge in [-0.15, -0.1) is 0 Å². The number of nitrogens with zero attached hydrogens (tertiary/aromatic N) is 4. The van der Waals surface area contributed by atoms with E-state index < -0.39 is 5.97 Å². The first kappa shape index (κ1) is 17.0. The Hall–Kier alpha value is -2.38. The summed E-state index contributed by atoms with van der Waals surface area (Å²) >= 11 is 0. The van der Waals surface area contributed by atoms with Crippen LogP contribution in [0.4, 0.5) is 10.7 Å². The fraction of sp³-hybridized carbons (Fsp3) is 0.600. The van der Waals surface area contributed by atoms with E-state index in [1.807, 2.05) is 14.1 Å². The lowest BCUT2D eigenvalue weighted by molar-refractivity contribution is -0.138. The molecule has 1 unspecified atom stereocenters. The lowest BCUT2D eigenvalue weighted by Crippen LogP contribution is -2.45. The first-order valence-corrected chi connectivity index (χ1v) is 7.69. The quantitative estimate of drug-likeness (QED) is 0.837. The molecule has 8 heteroatoms. The van der Waals surface area contributed by atoms with Gasteiger partial charge in [-0.3, -0.25) is 4.79 Å². The van der Waals surface area contributed by atoms with Crippen molar-refractivity contribution in [1.82, 2.24) is 20.2 Å². The van der Waals surface area contributed by atoms with Gasteiger partial charge in [-0.25, -0.2) is 14.8 Å². The topological polar surface area (TPSA) is 98.7 Å². The Bertz CT molecular complexity index is 564. The summed E-state index contributed by atoms with van der Waals surface area (Å²) in [5, 5.41) is 11.7. The molecule has 1 atom stereocenters. The van der Waals surface area contributed by atoms with Crippen LogP contribution in [0.1, 0.15) is 25.0 Å². The van der Waals surface area contributed by atoms with Crippen LogP contribution in [0.25, 0.3) is 0 Å². The number of carbonyl (C=O) groups is 2.